The van der Waals surface area contributed by atoms with Crippen LogP contribution in [0.2, 0.25) is 0 Å². The van der Waals surface area contributed by atoms with Crippen molar-refractivity contribution in [3.8, 4) is 0 Å². The Morgan fingerprint density at radius 1 is 1.30 bits per heavy atom. The van der Waals surface area contributed by atoms with Gasteiger partial charge < -0.3 is 5.32 Å². The fourth-order valence-electron chi connectivity index (χ4n) is 1.76. The molecule has 1 unspecified atom stereocenters. The Labute approximate surface area is 120 Å². The third-order valence-corrected chi connectivity index (χ3v) is 4.59. The molecule has 0 aromatic carbocycles. The number of thiazole rings is 1. The van der Waals surface area contributed by atoms with Crippen LogP contribution >= 0.6 is 22.7 Å². The van der Waals surface area contributed by atoms with Crippen molar-refractivity contribution in [1.29, 1.82) is 0 Å². The molecule has 1 aliphatic rings. The minimum atomic E-state index is -4.46. The Kier molecular flexibility index (Phi) is 3.14. The van der Waals surface area contributed by atoms with Crippen molar-refractivity contribution in [1.82, 2.24) is 10.3 Å². The summed E-state index contributed by atoms with van der Waals surface area (Å²) in [6.45, 7) is 0. The van der Waals surface area contributed by atoms with Crippen LogP contribution in [0.1, 0.15) is 15.6 Å². The molecule has 2 aromatic heterocycles. The average molecular weight is 314 g/mol. The number of hydrogen-bond acceptors (Lipinski definition) is 5. The predicted octanol–water partition coefficient (Wildman–Crippen LogP) is 3.49. The molecule has 1 aliphatic heterocycles. The second-order valence-electron chi connectivity index (χ2n) is 3.94. The normalized spacial score (nSPS) is 21.9. The lowest BCUT2D eigenvalue weighted by atomic mass is 10.1. The Balaban J connectivity index is 2.10. The van der Waals surface area contributed by atoms with E-state index >= 15 is 0 Å². The van der Waals surface area contributed by atoms with Gasteiger partial charge >= 0.3 is 6.18 Å². The summed E-state index contributed by atoms with van der Waals surface area (Å²) in [5.74, 6) is 0. The third-order valence-electron chi connectivity index (χ3n) is 2.66. The average Bonchev–Trinajstić information content (AvgIpc) is 3.11. The van der Waals surface area contributed by atoms with Gasteiger partial charge in [0.25, 0.3) is 0 Å². The van der Waals surface area contributed by atoms with Gasteiger partial charge in [-0.25, -0.2) is 9.98 Å². The number of allylic oxidation sites excluding steroid dienone is 1. The number of aliphatic imine (C=N–C) groups is 1. The lowest BCUT2D eigenvalue weighted by Gasteiger charge is -2.28. The summed E-state index contributed by atoms with van der Waals surface area (Å²) < 4.78 is 38.1. The Morgan fingerprint density at radius 3 is 2.70 bits per heavy atom. The van der Waals surface area contributed by atoms with E-state index in [9.17, 15) is 13.2 Å². The lowest BCUT2D eigenvalue weighted by molar-refractivity contribution is -0.140. The molecule has 1 radical (unpaired) electrons. The number of rotatable bonds is 2. The highest BCUT2D eigenvalue weighted by Gasteiger charge is 2.41. The van der Waals surface area contributed by atoms with Crippen molar-refractivity contribution < 1.29 is 13.2 Å². The van der Waals surface area contributed by atoms with Gasteiger partial charge in [0, 0.05) is 11.6 Å². The quantitative estimate of drug-likeness (QED) is 0.921. The number of thiophene rings is 1. The highest BCUT2D eigenvalue weighted by atomic mass is 32.1. The largest absolute Gasteiger partial charge is 0.434 e. The van der Waals surface area contributed by atoms with Crippen molar-refractivity contribution in [3.05, 3.63) is 50.7 Å². The molecule has 0 saturated carbocycles. The van der Waals surface area contributed by atoms with E-state index in [2.05, 4.69) is 21.5 Å². The molecule has 1 N–H and O–H groups in total. The summed E-state index contributed by atoms with van der Waals surface area (Å²) in [6, 6.07) is 3.62. The van der Waals surface area contributed by atoms with E-state index in [4.69, 9.17) is 0 Å². The molecule has 0 saturated heterocycles. The van der Waals surface area contributed by atoms with Crippen LogP contribution in [0.3, 0.4) is 0 Å². The van der Waals surface area contributed by atoms with Gasteiger partial charge in [0.05, 0.1) is 11.1 Å². The summed E-state index contributed by atoms with van der Waals surface area (Å²) in [6.07, 6.45) is 1.39. The number of alkyl halides is 3. The number of halogens is 3. The van der Waals surface area contributed by atoms with Gasteiger partial charge in [0.1, 0.15) is 5.01 Å². The predicted molar refractivity (Wildman–Crippen MR) is 71.9 cm³/mol. The molecule has 3 rings (SSSR count). The van der Waals surface area contributed by atoms with Crippen LogP contribution in [0.25, 0.3) is 0 Å². The maximum Gasteiger partial charge on any atom is 0.434 e. The highest BCUT2D eigenvalue weighted by molar-refractivity contribution is 7.11. The van der Waals surface area contributed by atoms with Crippen molar-refractivity contribution in [2.24, 2.45) is 4.99 Å². The molecule has 20 heavy (non-hydrogen) atoms. The zero-order chi connectivity index (χ0) is 14.2. The zero-order valence-corrected chi connectivity index (χ0v) is 11.4. The molecule has 8 heteroatoms. The Morgan fingerprint density at radius 2 is 2.15 bits per heavy atom. The highest BCUT2D eigenvalue weighted by Crippen LogP contribution is 2.39. The van der Waals surface area contributed by atoms with Crippen LogP contribution in [0.15, 0.2) is 40.2 Å². The minimum Gasteiger partial charge on any atom is -0.357 e. The summed E-state index contributed by atoms with van der Waals surface area (Å²) >= 11 is 2.32. The standard InChI is InChI=1S/C12H7F3N3S2/c13-12(14,15)8-7-20-10(18-8)11(9-3-1-6-19-9)16-4-2-5-17-11/h1-4,6-7,16H. The summed E-state index contributed by atoms with van der Waals surface area (Å²) in [7, 11) is 0. The number of hydrogen-bond donors (Lipinski definition) is 1. The number of nitrogens with zero attached hydrogens (tertiary/aromatic N) is 2. The molecule has 0 aliphatic carbocycles. The molecule has 0 spiro atoms. The third kappa shape index (κ3) is 2.14. The second-order valence-corrected chi connectivity index (χ2v) is 5.75. The molecule has 0 amide bonds. The maximum absolute atomic E-state index is 12.7. The summed E-state index contributed by atoms with van der Waals surface area (Å²) in [5.41, 5.74) is -2.02. The van der Waals surface area contributed by atoms with Crippen LogP contribution in [0.4, 0.5) is 13.2 Å². The second kappa shape index (κ2) is 4.71. The first-order chi connectivity index (χ1) is 9.52. The van der Waals surface area contributed by atoms with E-state index in [1.54, 1.807) is 18.3 Å². The SMILES string of the molecule is FC(F)(F)c1csc(C2(c3cccs3)N=[C]C=CN2)n1. The summed E-state index contributed by atoms with van der Waals surface area (Å²) in [4.78, 5) is 8.68. The van der Waals surface area contributed by atoms with Gasteiger partial charge in [-0.15, -0.1) is 22.7 Å². The van der Waals surface area contributed by atoms with Gasteiger partial charge in [-0.05, 0) is 17.5 Å². The smallest absolute Gasteiger partial charge is 0.357 e. The molecule has 2 aromatic rings. The summed E-state index contributed by atoms with van der Waals surface area (Å²) in [5, 5.41) is 6.08. The molecular formula is C12H7F3N3S2. The molecule has 3 nitrogen and oxygen atoms in total. The number of aromatic nitrogens is 1. The van der Waals surface area contributed by atoms with Gasteiger partial charge in [-0.2, -0.15) is 13.2 Å². The monoisotopic (exact) mass is 314 g/mol. The molecule has 0 bridgehead atoms. The van der Waals surface area contributed by atoms with Gasteiger partial charge in [0.2, 0.25) is 5.66 Å². The zero-order valence-electron chi connectivity index (χ0n) is 9.81. The van der Waals surface area contributed by atoms with E-state index in [0.717, 1.165) is 21.6 Å². The Hall–Kier alpha value is -1.67. The first kappa shape index (κ1) is 13.3. The maximum atomic E-state index is 12.7. The molecule has 0 fully saturated rings. The lowest BCUT2D eigenvalue weighted by Crippen LogP contribution is -2.39. The molecule has 1 atom stereocenters. The van der Waals surface area contributed by atoms with Crippen LogP contribution < -0.4 is 5.32 Å². The first-order valence-corrected chi connectivity index (χ1v) is 7.26. The number of nitrogens with one attached hydrogen (secondary N) is 1. The molecule has 103 valence electrons. The van der Waals surface area contributed by atoms with E-state index in [1.807, 2.05) is 11.4 Å². The van der Waals surface area contributed by atoms with Crippen LogP contribution in [0.5, 0.6) is 0 Å². The fraction of sp³-hybridized carbons (Fsp3) is 0.167. The van der Waals surface area contributed by atoms with Crippen LogP contribution in [0, 0.1) is 0 Å². The van der Waals surface area contributed by atoms with Gasteiger partial charge in [-0.1, -0.05) is 6.07 Å². The topological polar surface area (TPSA) is 37.3 Å². The van der Waals surface area contributed by atoms with Crippen LogP contribution in [-0.4, -0.2) is 11.2 Å². The van der Waals surface area contributed by atoms with Crippen molar-refractivity contribution in [3.63, 3.8) is 0 Å². The van der Waals surface area contributed by atoms with Gasteiger partial charge in [-0.3, -0.25) is 0 Å². The van der Waals surface area contributed by atoms with Crippen molar-refractivity contribution in [2.45, 2.75) is 11.8 Å². The van der Waals surface area contributed by atoms with Gasteiger partial charge in [0.15, 0.2) is 5.69 Å². The molecular weight excluding hydrogens is 307 g/mol. The van der Waals surface area contributed by atoms with Crippen molar-refractivity contribution >= 4 is 28.9 Å². The fourth-order valence-corrected chi connectivity index (χ4v) is 3.60. The van der Waals surface area contributed by atoms with E-state index in [0.29, 0.717) is 0 Å². The molecule has 3 heterocycles. The van der Waals surface area contributed by atoms with Crippen molar-refractivity contribution in [2.75, 3.05) is 0 Å². The van der Waals surface area contributed by atoms with E-state index in [1.165, 1.54) is 11.3 Å². The Bertz CT molecular complexity index is 658. The first-order valence-electron chi connectivity index (χ1n) is 5.50. The minimum absolute atomic E-state index is 0.240. The van der Waals surface area contributed by atoms with E-state index in [-0.39, 0.29) is 5.01 Å². The van der Waals surface area contributed by atoms with Crippen LogP contribution in [-0.2, 0) is 11.8 Å². The van der Waals surface area contributed by atoms with E-state index < -0.39 is 17.5 Å².